The fourth-order valence-electron chi connectivity index (χ4n) is 2.69. The Bertz CT molecular complexity index is 1060. The molecule has 2 aromatic carbocycles. The van der Waals surface area contributed by atoms with Crippen molar-refractivity contribution in [3.63, 3.8) is 0 Å². The number of amides is 2. The standard InChI is InChI=1S/C22H20BrN3O4/c1-24-21(27)12-14-6-9-17(29-2)19(11-14)30-18-13-15(23)7-8-16(18)22(28)26-20-5-3-4-10-25-20/h3-11,13H,12H2,1-2H3,(H,24,27)(H,25,26,28). The van der Waals surface area contributed by atoms with Crippen LogP contribution >= 0.6 is 15.9 Å². The van der Waals surface area contributed by atoms with Crippen LogP contribution in [-0.4, -0.2) is 31.0 Å². The van der Waals surface area contributed by atoms with E-state index in [1.54, 1.807) is 67.8 Å². The van der Waals surface area contributed by atoms with Gasteiger partial charge < -0.3 is 20.1 Å². The number of pyridine rings is 1. The number of nitrogens with one attached hydrogen (secondary N) is 2. The van der Waals surface area contributed by atoms with Crippen LogP contribution in [0.2, 0.25) is 0 Å². The van der Waals surface area contributed by atoms with Gasteiger partial charge in [-0.3, -0.25) is 9.59 Å². The number of rotatable bonds is 7. The molecule has 0 bridgehead atoms. The third kappa shape index (κ3) is 5.36. The third-order valence-corrected chi connectivity index (χ3v) is 4.68. The molecule has 0 fully saturated rings. The van der Waals surface area contributed by atoms with Gasteiger partial charge in [0.25, 0.3) is 5.91 Å². The minimum Gasteiger partial charge on any atom is -0.493 e. The lowest BCUT2D eigenvalue weighted by Gasteiger charge is -2.15. The Morgan fingerprint density at radius 3 is 2.57 bits per heavy atom. The Hall–Kier alpha value is -3.39. The highest BCUT2D eigenvalue weighted by Crippen LogP contribution is 2.35. The molecule has 7 nitrogen and oxygen atoms in total. The number of methoxy groups -OCH3 is 1. The highest BCUT2D eigenvalue weighted by Gasteiger charge is 2.17. The van der Waals surface area contributed by atoms with Crippen molar-refractivity contribution in [2.45, 2.75) is 6.42 Å². The lowest BCUT2D eigenvalue weighted by Crippen LogP contribution is -2.19. The topological polar surface area (TPSA) is 89.5 Å². The van der Waals surface area contributed by atoms with E-state index in [4.69, 9.17) is 9.47 Å². The van der Waals surface area contributed by atoms with Crippen molar-refractivity contribution in [1.82, 2.24) is 10.3 Å². The summed E-state index contributed by atoms with van der Waals surface area (Å²) in [5.41, 5.74) is 1.07. The highest BCUT2D eigenvalue weighted by molar-refractivity contribution is 9.10. The van der Waals surface area contributed by atoms with Crippen LogP contribution in [0.3, 0.4) is 0 Å². The van der Waals surface area contributed by atoms with Gasteiger partial charge in [-0.1, -0.05) is 28.1 Å². The van der Waals surface area contributed by atoms with E-state index in [2.05, 4.69) is 31.5 Å². The average Bonchev–Trinajstić information content (AvgIpc) is 2.74. The summed E-state index contributed by atoms with van der Waals surface area (Å²) in [6, 6.07) is 15.6. The molecule has 30 heavy (non-hydrogen) atoms. The van der Waals surface area contributed by atoms with Crippen LogP contribution in [0.5, 0.6) is 17.2 Å². The van der Waals surface area contributed by atoms with Crippen LogP contribution in [0, 0.1) is 0 Å². The van der Waals surface area contributed by atoms with Crippen molar-refractivity contribution in [2.75, 3.05) is 19.5 Å². The zero-order chi connectivity index (χ0) is 21.5. The number of hydrogen-bond acceptors (Lipinski definition) is 5. The Labute approximate surface area is 182 Å². The van der Waals surface area contributed by atoms with E-state index in [1.165, 1.54) is 7.11 Å². The molecule has 8 heteroatoms. The summed E-state index contributed by atoms with van der Waals surface area (Å²) in [5.74, 6) is 1.14. The van der Waals surface area contributed by atoms with Crippen LogP contribution in [0.4, 0.5) is 5.82 Å². The Morgan fingerprint density at radius 2 is 1.87 bits per heavy atom. The van der Waals surface area contributed by atoms with Crippen molar-refractivity contribution in [2.24, 2.45) is 0 Å². The van der Waals surface area contributed by atoms with Crippen LogP contribution in [0.15, 0.2) is 65.3 Å². The van der Waals surface area contributed by atoms with E-state index >= 15 is 0 Å². The lowest BCUT2D eigenvalue weighted by atomic mass is 10.1. The molecule has 0 atom stereocenters. The zero-order valence-electron chi connectivity index (χ0n) is 16.4. The van der Waals surface area contributed by atoms with E-state index in [9.17, 15) is 9.59 Å². The van der Waals surface area contributed by atoms with E-state index in [1.807, 2.05) is 0 Å². The van der Waals surface area contributed by atoms with Crippen LogP contribution in [-0.2, 0) is 11.2 Å². The Morgan fingerprint density at radius 1 is 1.03 bits per heavy atom. The zero-order valence-corrected chi connectivity index (χ0v) is 18.0. The molecular weight excluding hydrogens is 450 g/mol. The molecule has 0 aliphatic carbocycles. The van der Waals surface area contributed by atoms with Gasteiger partial charge in [-0.25, -0.2) is 4.98 Å². The normalized spacial score (nSPS) is 10.2. The van der Waals surface area contributed by atoms with Gasteiger partial charge >= 0.3 is 0 Å². The van der Waals surface area contributed by atoms with Crippen LogP contribution < -0.4 is 20.1 Å². The molecule has 2 amide bonds. The van der Waals surface area contributed by atoms with Crippen LogP contribution in [0.25, 0.3) is 0 Å². The van der Waals surface area contributed by atoms with Crippen molar-refractivity contribution in [1.29, 1.82) is 0 Å². The number of likely N-dealkylation sites (N-methyl/N-ethyl adjacent to an activating group) is 1. The second-order valence-electron chi connectivity index (χ2n) is 6.25. The highest BCUT2D eigenvalue weighted by atomic mass is 79.9. The number of halogens is 1. The Balaban J connectivity index is 1.92. The second kappa shape index (κ2) is 9.89. The fraction of sp³-hybridized carbons (Fsp3) is 0.136. The largest absolute Gasteiger partial charge is 0.493 e. The van der Waals surface area contributed by atoms with Gasteiger partial charge in [0.05, 0.1) is 19.1 Å². The molecule has 154 valence electrons. The predicted molar refractivity (Wildman–Crippen MR) is 117 cm³/mol. The number of benzene rings is 2. The SMILES string of the molecule is CNC(=O)Cc1ccc(OC)c(Oc2cc(Br)ccc2C(=O)Nc2ccccn2)c1. The minimum absolute atomic E-state index is 0.121. The van der Waals surface area contributed by atoms with E-state index in [0.29, 0.717) is 28.6 Å². The first kappa shape index (κ1) is 21.3. The molecule has 3 rings (SSSR count). The van der Waals surface area contributed by atoms with Gasteiger partial charge in [0, 0.05) is 17.7 Å². The molecule has 0 spiro atoms. The van der Waals surface area contributed by atoms with E-state index in [0.717, 1.165) is 10.0 Å². The summed E-state index contributed by atoms with van der Waals surface area (Å²) in [6.45, 7) is 0. The average molecular weight is 470 g/mol. The van der Waals surface area contributed by atoms with Crippen molar-refractivity contribution in [3.8, 4) is 17.2 Å². The van der Waals surface area contributed by atoms with Gasteiger partial charge in [-0.05, 0) is 48.0 Å². The summed E-state index contributed by atoms with van der Waals surface area (Å²) in [7, 11) is 3.10. The summed E-state index contributed by atoms with van der Waals surface area (Å²) >= 11 is 3.41. The molecule has 0 saturated carbocycles. The monoisotopic (exact) mass is 469 g/mol. The molecule has 3 aromatic rings. The Kier molecular flexibility index (Phi) is 7.03. The van der Waals surface area contributed by atoms with Crippen molar-refractivity contribution >= 4 is 33.6 Å². The van der Waals surface area contributed by atoms with E-state index in [-0.39, 0.29) is 18.2 Å². The molecule has 0 unspecified atom stereocenters. The molecule has 1 heterocycles. The summed E-state index contributed by atoms with van der Waals surface area (Å²) in [6.07, 6.45) is 1.79. The quantitative estimate of drug-likeness (QED) is 0.541. The smallest absolute Gasteiger partial charge is 0.260 e. The number of hydrogen-bond donors (Lipinski definition) is 2. The van der Waals surface area contributed by atoms with Crippen molar-refractivity contribution < 1.29 is 19.1 Å². The number of carbonyl (C=O) groups is 2. The maximum atomic E-state index is 12.8. The molecule has 0 aliphatic heterocycles. The maximum absolute atomic E-state index is 12.8. The molecule has 1 aromatic heterocycles. The minimum atomic E-state index is -0.364. The first-order valence-electron chi connectivity index (χ1n) is 9.07. The van der Waals surface area contributed by atoms with Crippen molar-refractivity contribution in [3.05, 3.63) is 76.4 Å². The van der Waals surface area contributed by atoms with Crippen LogP contribution in [0.1, 0.15) is 15.9 Å². The maximum Gasteiger partial charge on any atom is 0.260 e. The number of ether oxygens (including phenoxy) is 2. The molecule has 0 radical (unpaired) electrons. The molecule has 2 N–H and O–H groups in total. The van der Waals surface area contributed by atoms with Gasteiger partial charge in [0.2, 0.25) is 5.91 Å². The summed E-state index contributed by atoms with van der Waals surface area (Å²) < 4.78 is 12.2. The summed E-state index contributed by atoms with van der Waals surface area (Å²) in [4.78, 5) is 28.6. The number of carbonyl (C=O) groups excluding carboxylic acids is 2. The van der Waals surface area contributed by atoms with Gasteiger partial charge in [0.1, 0.15) is 11.6 Å². The number of anilines is 1. The number of nitrogens with zero attached hydrogens (tertiary/aromatic N) is 1. The number of aromatic nitrogens is 1. The molecule has 0 saturated heterocycles. The first-order valence-corrected chi connectivity index (χ1v) is 9.86. The predicted octanol–water partition coefficient (Wildman–Crippen LogP) is 4.19. The first-order chi connectivity index (χ1) is 14.5. The van der Waals surface area contributed by atoms with E-state index < -0.39 is 0 Å². The lowest BCUT2D eigenvalue weighted by molar-refractivity contribution is -0.119. The molecule has 0 aliphatic rings. The third-order valence-electron chi connectivity index (χ3n) is 4.19. The molecular formula is C22H20BrN3O4. The van der Waals surface area contributed by atoms with Gasteiger partial charge in [0.15, 0.2) is 11.5 Å². The van der Waals surface area contributed by atoms with Gasteiger partial charge in [-0.2, -0.15) is 0 Å². The summed E-state index contributed by atoms with van der Waals surface area (Å²) in [5, 5.41) is 5.34. The fourth-order valence-corrected chi connectivity index (χ4v) is 3.03. The van der Waals surface area contributed by atoms with Gasteiger partial charge in [-0.15, -0.1) is 0 Å². The second-order valence-corrected chi connectivity index (χ2v) is 7.16.